The molecular formula is C26H34Cl2N4O5. The van der Waals surface area contributed by atoms with E-state index in [2.05, 4.69) is 23.7 Å². The quantitative estimate of drug-likeness (QED) is 0.351. The van der Waals surface area contributed by atoms with E-state index >= 15 is 0 Å². The van der Waals surface area contributed by atoms with E-state index in [4.69, 9.17) is 15.5 Å². The molecule has 0 aliphatic rings. The molecule has 0 spiro atoms. The van der Waals surface area contributed by atoms with Crippen LogP contribution in [0.25, 0.3) is 11.1 Å². The molecule has 0 saturated carbocycles. The Balaban J connectivity index is 0.00000342. The van der Waals surface area contributed by atoms with Crippen LogP contribution in [0, 0.1) is 19.8 Å². The van der Waals surface area contributed by atoms with Crippen molar-refractivity contribution in [2.24, 2.45) is 11.7 Å². The number of carboxylic acids is 1. The molecule has 1 aromatic carbocycles. The van der Waals surface area contributed by atoms with Crippen LogP contribution in [0.3, 0.4) is 0 Å². The summed E-state index contributed by atoms with van der Waals surface area (Å²) in [4.78, 5) is 28.2. The first-order chi connectivity index (χ1) is 16.6. The first kappa shape index (κ1) is 31.9. The fraction of sp³-hybridized carbons (Fsp3) is 0.385. The van der Waals surface area contributed by atoms with Gasteiger partial charge in [-0.25, -0.2) is 4.79 Å². The number of hydrogen-bond acceptors (Lipinski definition) is 7. The molecule has 0 aliphatic heterocycles. The molecule has 0 unspecified atom stereocenters. The largest absolute Gasteiger partial charge is 0.477 e. The van der Waals surface area contributed by atoms with E-state index in [-0.39, 0.29) is 49.4 Å². The number of aryl methyl sites for hydroxylation is 2. The van der Waals surface area contributed by atoms with Crippen molar-refractivity contribution in [3.63, 3.8) is 0 Å². The first-order valence-corrected chi connectivity index (χ1v) is 11.4. The number of pyridine rings is 1. The molecular weight excluding hydrogens is 519 g/mol. The van der Waals surface area contributed by atoms with Crippen molar-refractivity contribution < 1.29 is 24.2 Å². The zero-order chi connectivity index (χ0) is 25.7. The molecule has 11 heteroatoms. The lowest BCUT2D eigenvalue weighted by molar-refractivity contribution is -0.141. The maximum absolute atomic E-state index is 11.8. The zero-order valence-electron chi connectivity index (χ0n) is 21.6. The smallest absolute Gasteiger partial charge is 0.342 e. The zero-order valence-corrected chi connectivity index (χ0v) is 23.2. The van der Waals surface area contributed by atoms with Crippen LogP contribution in [-0.4, -0.2) is 38.9 Å². The van der Waals surface area contributed by atoms with E-state index in [1.165, 1.54) is 18.0 Å². The second kappa shape index (κ2) is 14.0. The molecule has 0 saturated heterocycles. The standard InChI is InChI=1S/C26H32N4O5.2ClH/c1-15(2)10-22-19(11-27)24(18-8-6-16(3)7-9-18)21(17(4)28-22)14-35-25-20(26(32)33)12-30(29-25)13-23(31)34-5;;/h6-9,12,15H,10-11,13-14,27H2,1-5H3,(H,32,33);2*1H. The minimum absolute atomic E-state index is 0. The Morgan fingerprint density at radius 1 is 1.11 bits per heavy atom. The summed E-state index contributed by atoms with van der Waals surface area (Å²) in [6.45, 7) is 8.32. The number of benzene rings is 1. The Hall–Kier alpha value is -3.14. The lowest BCUT2D eigenvalue weighted by Crippen LogP contribution is -2.15. The van der Waals surface area contributed by atoms with Gasteiger partial charge in [0.1, 0.15) is 18.7 Å². The van der Waals surface area contributed by atoms with E-state index in [1.807, 2.05) is 38.1 Å². The Morgan fingerprint density at radius 3 is 2.30 bits per heavy atom. The van der Waals surface area contributed by atoms with Gasteiger partial charge in [0.05, 0.1) is 7.11 Å². The molecule has 0 atom stereocenters. The van der Waals surface area contributed by atoms with Crippen molar-refractivity contribution >= 4 is 36.8 Å². The number of rotatable bonds is 10. The summed E-state index contributed by atoms with van der Waals surface area (Å²) >= 11 is 0. The van der Waals surface area contributed by atoms with Crippen molar-refractivity contribution in [2.45, 2.75) is 53.8 Å². The molecule has 2 heterocycles. The maximum atomic E-state index is 11.8. The van der Waals surface area contributed by atoms with Gasteiger partial charge in [-0.15, -0.1) is 29.9 Å². The van der Waals surface area contributed by atoms with Gasteiger partial charge in [0.2, 0.25) is 5.88 Å². The number of carbonyl (C=O) groups excluding carboxylic acids is 1. The van der Waals surface area contributed by atoms with Gasteiger partial charge in [0.15, 0.2) is 0 Å². The number of hydrogen-bond donors (Lipinski definition) is 2. The monoisotopic (exact) mass is 552 g/mol. The number of halogens is 2. The molecule has 9 nitrogen and oxygen atoms in total. The van der Waals surface area contributed by atoms with Crippen molar-refractivity contribution in [3.8, 4) is 17.0 Å². The van der Waals surface area contributed by atoms with Crippen molar-refractivity contribution in [2.75, 3.05) is 7.11 Å². The van der Waals surface area contributed by atoms with Gasteiger partial charge in [-0.1, -0.05) is 43.7 Å². The molecule has 202 valence electrons. The molecule has 0 amide bonds. The molecule has 3 rings (SSSR count). The third-order valence-electron chi connectivity index (χ3n) is 5.67. The van der Waals surface area contributed by atoms with Crippen LogP contribution in [0.1, 0.15) is 52.3 Å². The van der Waals surface area contributed by atoms with Crippen LogP contribution in [0.2, 0.25) is 0 Å². The van der Waals surface area contributed by atoms with Crippen molar-refractivity contribution in [3.05, 3.63) is 64.1 Å². The molecule has 3 N–H and O–H groups in total. The van der Waals surface area contributed by atoms with Crippen LogP contribution in [-0.2, 0) is 35.6 Å². The van der Waals surface area contributed by atoms with Crippen molar-refractivity contribution in [1.29, 1.82) is 0 Å². The van der Waals surface area contributed by atoms with E-state index < -0.39 is 11.9 Å². The Morgan fingerprint density at radius 2 is 1.76 bits per heavy atom. The second-order valence-electron chi connectivity index (χ2n) is 8.86. The lowest BCUT2D eigenvalue weighted by atomic mass is 9.90. The molecule has 0 aliphatic carbocycles. The van der Waals surface area contributed by atoms with E-state index in [0.717, 1.165) is 45.6 Å². The lowest BCUT2D eigenvalue weighted by Gasteiger charge is -2.21. The van der Waals surface area contributed by atoms with Gasteiger partial charge in [-0.05, 0) is 42.9 Å². The van der Waals surface area contributed by atoms with Gasteiger partial charge in [-0.3, -0.25) is 14.5 Å². The fourth-order valence-corrected chi connectivity index (χ4v) is 3.94. The summed E-state index contributed by atoms with van der Waals surface area (Å²) in [5.41, 5.74) is 12.6. The summed E-state index contributed by atoms with van der Waals surface area (Å²) in [5.74, 6) is -1.45. The number of aromatic nitrogens is 3. The molecule has 0 fully saturated rings. The third kappa shape index (κ3) is 7.67. The van der Waals surface area contributed by atoms with Gasteiger partial charge in [0.25, 0.3) is 0 Å². The average molecular weight is 553 g/mol. The number of aromatic carboxylic acids is 1. The SMILES string of the molecule is COC(=O)Cn1cc(C(=O)O)c(OCc2c(C)nc(CC(C)C)c(CN)c2-c2ccc(C)cc2)n1.Cl.Cl. The maximum Gasteiger partial charge on any atom is 0.342 e. The minimum Gasteiger partial charge on any atom is -0.477 e. The molecule has 0 radical (unpaired) electrons. The summed E-state index contributed by atoms with van der Waals surface area (Å²) in [7, 11) is 1.25. The Kier molecular flexibility index (Phi) is 12.0. The van der Waals surface area contributed by atoms with Gasteiger partial charge in [-0.2, -0.15) is 0 Å². The predicted molar refractivity (Wildman–Crippen MR) is 146 cm³/mol. The number of carbonyl (C=O) groups is 2. The van der Waals surface area contributed by atoms with Crippen molar-refractivity contribution in [1.82, 2.24) is 14.8 Å². The van der Waals surface area contributed by atoms with E-state index in [0.29, 0.717) is 12.5 Å². The first-order valence-electron chi connectivity index (χ1n) is 11.4. The normalized spacial score (nSPS) is 10.5. The van der Waals surface area contributed by atoms with Crippen LogP contribution >= 0.6 is 24.8 Å². The highest BCUT2D eigenvalue weighted by atomic mass is 35.5. The molecule has 2 aromatic heterocycles. The minimum atomic E-state index is -1.21. The number of carboxylic acid groups (broad SMARTS) is 1. The molecule has 3 aromatic rings. The van der Waals surface area contributed by atoms with Gasteiger partial charge < -0.3 is 20.3 Å². The third-order valence-corrected chi connectivity index (χ3v) is 5.67. The van der Waals surface area contributed by atoms with Crippen LogP contribution < -0.4 is 10.5 Å². The number of nitrogens with zero attached hydrogens (tertiary/aromatic N) is 3. The number of esters is 1. The van der Waals surface area contributed by atoms with Crippen LogP contribution in [0.15, 0.2) is 30.5 Å². The molecule has 0 bridgehead atoms. The number of nitrogens with two attached hydrogens (primary N) is 1. The van der Waals surface area contributed by atoms with Crippen LogP contribution in [0.5, 0.6) is 5.88 Å². The number of ether oxygens (including phenoxy) is 2. The summed E-state index contributed by atoms with van der Waals surface area (Å²) < 4.78 is 11.7. The Labute approximate surface area is 229 Å². The van der Waals surface area contributed by atoms with Crippen LogP contribution in [0.4, 0.5) is 0 Å². The predicted octanol–water partition coefficient (Wildman–Crippen LogP) is 4.51. The summed E-state index contributed by atoms with van der Waals surface area (Å²) in [5, 5.41) is 13.8. The van der Waals surface area contributed by atoms with Gasteiger partial charge >= 0.3 is 11.9 Å². The summed E-state index contributed by atoms with van der Waals surface area (Å²) in [6, 6.07) is 8.16. The van der Waals surface area contributed by atoms with E-state index in [1.54, 1.807) is 0 Å². The summed E-state index contributed by atoms with van der Waals surface area (Å²) in [6.07, 6.45) is 2.03. The highest BCUT2D eigenvalue weighted by molar-refractivity contribution is 5.90. The van der Waals surface area contributed by atoms with Gasteiger partial charge in [0, 0.05) is 29.7 Å². The Bertz CT molecular complexity index is 1230. The fourth-order valence-electron chi connectivity index (χ4n) is 3.94. The average Bonchev–Trinajstić information content (AvgIpc) is 3.21. The van der Waals surface area contributed by atoms with E-state index in [9.17, 15) is 14.7 Å². The highest BCUT2D eigenvalue weighted by Gasteiger charge is 2.22. The highest BCUT2D eigenvalue weighted by Crippen LogP contribution is 2.33. The number of methoxy groups -OCH3 is 1. The second-order valence-corrected chi connectivity index (χ2v) is 8.86. The topological polar surface area (TPSA) is 130 Å². The molecule has 37 heavy (non-hydrogen) atoms.